The number of hydrogen-bond acceptors (Lipinski definition) is 4. The summed E-state index contributed by atoms with van der Waals surface area (Å²) in [7, 11) is 0. The molecule has 0 spiro atoms. The number of para-hydroxylation sites is 1. The number of aromatic nitrogens is 4. The predicted octanol–water partition coefficient (Wildman–Crippen LogP) is 8.33. The number of nitrogens with zero attached hydrogens (tertiary/aromatic N) is 4. The molecule has 5 heteroatoms. The highest BCUT2D eigenvalue weighted by atomic mass is 16.3. The van der Waals surface area contributed by atoms with Crippen molar-refractivity contribution < 1.29 is 4.42 Å². The van der Waals surface area contributed by atoms with Gasteiger partial charge in [-0.25, -0.2) is 9.97 Å². The summed E-state index contributed by atoms with van der Waals surface area (Å²) in [5.74, 6) is 0.615. The SMILES string of the molecule is c1ccc2c(c1)ccc1cnc(-n3c4cccnc4c4c5ccccc5c5oc6ccccc6c5c43)nc12. The Kier molecular flexibility index (Phi) is 3.73. The fraction of sp³-hybridized carbons (Fsp3) is 0. The highest BCUT2D eigenvalue weighted by Crippen LogP contribution is 2.44. The summed E-state index contributed by atoms with van der Waals surface area (Å²) in [6.45, 7) is 0. The fourth-order valence-electron chi connectivity index (χ4n) is 6.05. The fourth-order valence-corrected chi connectivity index (χ4v) is 6.05. The van der Waals surface area contributed by atoms with Gasteiger partial charge in [0.25, 0.3) is 0 Å². The lowest BCUT2D eigenvalue weighted by Gasteiger charge is -2.10. The van der Waals surface area contributed by atoms with Crippen LogP contribution in [0.4, 0.5) is 0 Å². The number of benzene rings is 5. The highest BCUT2D eigenvalue weighted by molar-refractivity contribution is 6.34. The van der Waals surface area contributed by atoms with Crippen LogP contribution in [0.15, 0.2) is 114 Å². The third kappa shape index (κ3) is 2.47. The van der Waals surface area contributed by atoms with Gasteiger partial charge >= 0.3 is 0 Å². The van der Waals surface area contributed by atoms with Crippen LogP contribution in [0.5, 0.6) is 0 Å². The molecule has 0 radical (unpaired) electrons. The molecule has 0 aliphatic rings. The van der Waals surface area contributed by atoms with E-state index in [0.717, 1.165) is 76.3 Å². The number of rotatable bonds is 1. The molecule has 0 aliphatic heterocycles. The van der Waals surface area contributed by atoms with E-state index < -0.39 is 0 Å². The Bertz CT molecular complexity index is 2420. The first-order chi connectivity index (χ1) is 18.9. The minimum atomic E-state index is 0.615. The summed E-state index contributed by atoms with van der Waals surface area (Å²) in [6, 6.07) is 33.3. The van der Waals surface area contributed by atoms with Gasteiger partial charge in [0, 0.05) is 39.3 Å². The molecule has 4 aromatic heterocycles. The van der Waals surface area contributed by atoms with E-state index in [0.29, 0.717) is 5.95 Å². The Morgan fingerprint density at radius 3 is 2.26 bits per heavy atom. The van der Waals surface area contributed by atoms with Gasteiger partial charge < -0.3 is 4.42 Å². The van der Waals surface area contributed by atoms with Crippen molar-refractivity contribution in [2.45, 2.75) is 0 Å². The first-order valence-corrected chi connectivity index (χ1v) is 12.6. The lowest BCUT2D eigenvalue weighted by Crippen LogP contribution is -2.01. The third-order valence-corrected chi connectivity index (χ3v) is 7.66. The summed E-state index contributed by atoms with van der Waals surface area (Å²) < 4.78 is 8.68. The molecule has 5 aromatic carbocycles. The van der Waals surface area contributed by atoms with E-state index in [9.17, 15) is 0 Å². The Morgan fingerprint density at radius 1 is 0.579 bits per heavy atom. The van der Waals surface area contributed by atoms with Crippen molar-refractivity contribution in [2.24, 2.45) is 0 Å². The molecule has 0 amide bonds. The first-order valence-electron chi connectivity index (χ1n) is 12.6. The van der Waals surface area contributed by atoms with E-state index >= 15 is 0 Å². The zero-order valence-electron chi connectivity index (χ0n) is 20.1. The van der Waals surface area contributed by atoms with Gasteiger partial charge in [-0.05, 0) is 29.0 Å². The summed E-state index contributed by atoms with van der Waals surface area (Å²) in [5.41, 5.74) is 5.55. The number of fused-ring (bicyclic) bond motifs is 13. The van der Waals surface area contributed by atoms with E-state index in [-0.39, 0.29) is 0 Å². The van der Waals surface area contributed by atoms with Crippen molar-refractivity contribution in [1.82, 2.24) is 19.5 Å². The largest absolute Gasteiger partial charge is 0.455 e. The maximum absolute atomic E-state index is 6.51. The van der Waals surface area contributed by atoms with Gasteiger partial charge in [-0.3, -0.25) is 9.55 Å². The molecular formula is C33H18N4O. The molecule has 0 bridgehead atoms. The van der Waals surface area contributed by atoms with Crippen LogP contribution in [-0.4, -0.2) is 19.5 Å². The maximum Gasteiger partial charge on any atom is 0.235 e. The number of pyridine rings is 1. The monoisotopic (exact) mass is 486 g/mol. The number of furan rings is 1. The topological polar surface area (TPSA) is 56.7 Å². The van der Waals surface area contributed by atoms with Crippen molar-refractivity contribution in [3.8, 4) is 5.95 Å². The van der Waals surface area contributed by atoms with Crippen molar-refractivity contribution in [3.63, 3.8) is 0 Å². The quantitative estimate of drug-likeness (QED) is 0.219. The van der Waals surface area contributed by atoms with Gasteiger partial charge in [-0.15, -0.1) is 0 Å². The van der Waals surface area contributed by atoms with Crippen LogP contribution >= 0.6 is 0 Å². The molecule has 0 saturated carbocycles. The van der Waals surface area contributed by atoms with Gasteiger partial charge in [0.05, 0.1) is 27.5 Å². The Labute approximate surface area is 215 Å². The van der Waals surface area contributed by atoms with Gasteiger partial charge in [-0.1, -0.05) is 78.9 Å². The van der Waals surface area contributed by atoms with Crippen LogP contribution in [0.2, 0.25) is 0 Å². The average molecular weight is 487 g/mol. The van der Waals surface area contributed by atoms with Crippen LogP contribution in [0.1, 0.15) is 0 Å². The molecule has 176 valence electrons. The lowest BCUT2D eigenvalue weighted by atomic mass is 10.0. The molecule has 38 heavy (non-hydrogen) atoms. The summed E-state index contributed by atoms with van der Waals surface area (Å²) in [6.07, 6.45) is 3.77. The van der Waals surface area contributed by atoms with Gasteiger partial charge in [0.2, 0.25) is 5.95 Å². The molecular weight excluding hydrogens is 468 g/mol. The molecule has 0 aliphatic carbocycles. The van der Waals surface area contributed by atoms with Crippen LogP contribution in [0.3, 0.4) is 0 Å². The molecule has 4 heterocycles. The molecule has 0 fully saturated rings. The molecule has 0 saturated heterocycles. The van der Waals surface area contributed by atoms with E-state index in [2.05, 4.69) is 83.4 Å². The second kappa shape index (κ2) is 7.14. The smallest absolute Gasteiger partial charge is 0.235 e. The standard InChI is InChI=1S/C33H18N4O/c1-2-9-21-19(8-1)15-16-20-18-35-33(36-29(20)21)37-25-13-7-17-34-30(25)27-22-10-3-4-11-23(22)32-28(31(27)37)24-12-5-6-14-26(24)38-32/h1-18H. The molecule has 9 rings (SSSR count). The lowest BCUT2D eigenvalue weighted by molar-refractivity contribution is 0.673. The minimum absolute atomic E-state index is 0.615. The van der Waals surface area contributed by atoms with Crippen molar-refractivity contribution in [2.75, 3.05) is 0 Å². The molecule has 0 unspecified atom stereocenters. The predicted molar refractivity (Wildman–Crippen MR) is 154 cm³/mol. The molecule has 5 nitrogen and oxygen atoms in total. The summed E-state index contributed by atoms with van der Waals surface area (Å²) in [4.78, 5) is 15.0. The second-order valence-corrected chi connectivity index (χ2v) is 9.67. The highest BCUT2D eigenvalue weighted by Gasteiger charge is 2.24. The number of hydrogen-bond donors (Lipinski definition) is 0. The normalized spacial score (nSPS) is 12.2. The molecule has 9 aromatic rings. The van der Waals surface area contributed by atoms with Crippen LogP contribution in [-0.2, 0) is 0 Å². The summed E-state index contributed by atoms with van der Waals surface area (Å²) in [5, 5.41) is 8.64. The van der Waals surface area contributed by atoms with E-state index in [1.807, 2.05) is 30.6 Å². The molecule has 0 N–H and O–H groups in total. The molecule has 0 atom stereocenters. The van der Waals surface area contributed by atoms with Gasteiger partial charge in [0.15, 0.2) is 0 Å². The van der Waals surface area contributed by atoms with Crippen molar-refractivity contribution >= 4 is 76.3 Å². The van der Waals surface area contributed by atoms with Crippen molar-refractivity contribution in [3.05, 3.63) is 109 Å². The Morgan fingerprint density at radius 2 is 1.34 bits per heavy atom. The summed E-state index contributed by atoms with van der Waals surface area (Å²) >= 11 is 0. The van der Waals surface area contributed by atoms with Gasteiger partial charge in [0.1, 0.15) is 11.2 Å². The van der Waals surface area contributed by atoms with Crippen LogP contribution in [0.25, 0.3) is 82.3 Å². The Balaban J connectivity index is 1.56. The van der Waals surface area contributed by atoms with Crippen LogP contribution < -0.4 is 0 Å². The third-order valence-electron chi connectivity index (χ3n) is 7.66. The second-order valence-electron chi connectivity index (χ2n) is 9.67. The van der Waals surface area contributed by atoms with Gasteiger partial charge in [-0.2, -0.15) is 0 Å². The minimum Gasteiger partial charge on any atom is -0.455 e. The van der Waals surface area contributed by atoms with Crippen LogP contribution in [0, 0.1) is 0 Å². The van der Waals surface area contributed by atoms with E-state index in [1.54, 1.807) is 0 Å². The van der Waals surface area contributed by atoms with E-state index in [1.165, 1.54) is 0 Å². The zero-order valence-corrected chi connectivity index (χ0v) is 20.1. The Hall–Kier alpha value is -5.29. The zero-order chi connectivity index (χ0) is 24.8. The average Bonchev–Trinajstić information content (AvgIpc) is 3.53. The first kappa shape index (κ1) is 19.8. The maximum atomic E-state index is 6.51. The van der Waals surface area contributed by atoms with E-state index in [4.69, 9.17) is 19.4 Å². The van der Waals surface area contributed by atoms with Crippen molar-refractivity contribution in [1.29, 1.82) is 0 Å².